The zero-order valence-corrected chi connectivity index (χ0v) is 17.6. The third kappa shape index (κ3) is 6.09. The Morgan fingerprint density at radius 2 is 1.70 bits per heavy atom. The highest BCUT2D eigenvalue weighted by molar-refractivity contribution is 6.31. The van der Waals surface area contributed by atoms with Crippen molar-refractivity contribution in [3.8, 4) is 11.5 Å². The number of ether oxygens (including phenoxy) is 2. The Hall–Kier alpha value is -3.31. The fraction of sp³-hybridized carbons (Fsp3) is 0.167. The molecular weight excluding hydrogens is 400 g/mol. The van der Waals surface area contributed by atoms with E-state index in [0.717, 1.165) is 28.2 Å². The van der Waals surface area contributed by atoms with Crippen LogP contribution < -0.4 is 14.9 Å². The Morgan fingerprint density at radius 3 is 2.37 bits per heavy atom. The molecule has 0 spiro atoms. The van der Waals surface area contributed by atoms with E-state index in [4.69, 9.17) is 21.1 Å². The van der Waals surface area contributed by atoms with E-state index in [1.54, 1.807) is 18.3 Å². The molecule has 5 nitrogen and oxygen atoms in total. The Labute approximate surface area is 181 Å². The quantitative estimate of drug-likeness (QED) is 0.391. The molecule has 30 heavy (non-hydrogen) atoms. The number of hydrazone groups is 1. The van der Waals surface area contributed by atoms with Gasteiger partial charge in [-0.3, -0.25) is 4.79 Å². The molecule has 0 unspecified atom stereocenters. The Balaban J connectivity index is 1.51. The summed E-state index contributed by atoms with van der Waals surface area (Å²) in [5.41, 5.74) is 5.83. The first-order valence-corrected chi connectivity index (χ1v) is 9.97. The molecule has 0 atom stereocenters. The topological polar surface area (TPSA) is 59.9 Å². The van der Waals surface area contributed by atoms with Crippen molar-refractivity contribution < 1.29 is 14.3 Å². The molecule has 0 bridgehead atoms. The first-order valence-electron chi connectivity index (χ1n) is 9.59. The molecule has 3 rings (SSSR count). The molecule has 0 aromatic heterocycles. The number of hydrogen-bond acceptors (Lipinski definition) is 4. The van der Waals surface area contributed by atoms with Crippen LogP contribution in [0.2, 0.25) is 5.02 Å². The van der Waals surface area contributed by atoms with E-state index in [0.29, 0.717) is 23.8 Å². The van der Waals surface area contributed by atoms with Gasteiger partial charge in [-0.25, -0.2) is 5.43 Å². The van der Waals surface area contributed by atoms with E-state index < -0.39 is 0 Å². The van der Waals surface area contributed by atoms with Gasteiger partial charge in [0.1, 0.15) is 18.1 Å². The highest BCUT2D eigenvalue weighted by atomic mass is 35.5. The lowest BCUT2D eigenvalue weighted by Crippen LogP contribution is -2.17. The summed E-state index contributed by atoms with van der Waals surface area (Å²) >= 11 is 6.03. The van der Waals surface area contributed by atoms with Crippen LogP contribution in [0.25, 0.3) is 0 Å². The van der Waals surface area contributed by atoms with Crippen LogP contribution in [0, 0.1) is 6.92 Å². The fourth-order valence-corrected chi connectivity index (χ4v) is 2.79. The molecular formula is C24H23ClN2O3. The second-order valence-corrected chi connectivity index (χ2v) is 7.00. The van der Waals surface area contributed by atoms with Gasteiger partial charge in [0.2, 0.25) is 0 Å². The van der Waals surface area contributed by atoms with Gasteiger partial charge in [-0.1, -0.05) is 23.7 Å². The van der Waals surface area contributed by atoms with Crippen LogP contribution in [-0.4, -0.2) is 18.7 Å². The zero-order chi connectivity index (χ0) is 21.3. The number of nitrogens with one attached hydrogen (secondary N) is 1. The maximum atomic E-state index is 12.2. The number of amides is 1. The summed E-state index contributed by atoms with van der Waals surface area (Å²) < 4.78 is 11.2. The highest BCUT2D eigenvalue weighted by Crippen LogP contribution is 2.22. The van der Waals surface area contributed by atoms with Gasteiger partial charge in [-0.05, 0) is 85.1 Å². The van der Waals surface area contributed by atoms with E-state index in [1.165, 1.54) is 0 Å². The molecule has 3 aromatic carbocycles. The Bertz CT molecular complexity index is 1020. The van der Waals surface area contributed by atoms with Crippen LogP contribution in [0.5, 0.6) is 11.5 Å². The first kappa shape index (κ1) is 21.4. The predicted octanol–water partition coefficient (Wildman–Crippen LogP) is 5.39. The first-order chi connectivity index (χ1) is 14.5. The number of aryl methyl sites for hydroxylation is 1. The molecule has 0 aliphatic heterocycles. The summed E-state index contributed by atoms with van der Waals surface area (Å²) in [5.74, 6) is 1.27. The molecule has 0 fully saturated rings. The van der Waals surface area contributed by atoms with Gasteiger partial charge in [0.15, 0.2) is 0 Å². The fourth-order valence-electron chi connectivity index (χ4n) is 2.67. The van der Waals surface area contributed by atoms with Crippen molar-refractivity contribution in [1.29, 1.82) is 0 Å². The van der Waals surface area contributed by atoms with Gasteiger partial charge in [-0.15, -0.1) is 0 Å². The van der Waals surface area contributed by atoms with Crippen molar-refractivity contribution in [3.05, 3.63) is 94.0 Å². The molecule has 1 N–H and O–H groups in total. The van der Waals surface area contributed by atoms with Crippen LogP contribution in [0.1, 0.15) is 34.0 Å². The molecule has 1 amide bonds. The normalized spacial score (nSPS) is 10.8. The van der Waals surface area contributed by atoms with Crippen LogP contribution in [-0.2, 0) is 6.61 Å². The van der Waals surface area contributed by atoms with Gasteiger partial charge in [-0.2, -0.15) is 5.10 Å². The number of carbonyl (C=O) groups is 1. The average molecular weight is 423 g/mol. The SMILES string of the molecule is CCOc1ccc(/C=N\NC(=O)c2ccc(COc3ccc(Cl)c(C)c3)cc2)cc1. The number of carbonyl (C=O) groups excluding carboxylic acids is 1. The van der Waals surface area contributed by atoms with E-state index >= 15 is 0 Å². The van der Waals surface area contributed by atoms with E-state index in [1.807, 2.05) is 68.4 Å². The predicted molar refractivity (Wildman–Crippen MR) is 120 cm³/mol. The molecule has 6 heteroatoms. The van der Waals surface area contributed by atoms with Gasteiger partial charge >= 0.3 is 0 Å². The summed E-state index contributed by atoms with van der Waals surface area (Å²) in [6.07, 6.45) is 1.59. The molecule has 154 valence electrons. The minimum Gasteiger partial charge on any atom is -0.494 e. The maximum absolute atomic E-state index is 12.2. The van der Waals surface area contributed by atoms with Crippen molar-refractivity contribution in [2.45, 2.75) is 20.5 Å². The van der Waals surface area contributed by atoms with E-state index in [-0.39, 0.29) is 5.91 Å². The minimum atomic E-state index is -0.280. The molecule has 0 heterocycles. The summed E-state index contributed by atoms with van der Waals surface area (Å²) in [7, 11) is 0. The lowest BCUT2D eigenvalue weighted by Gasteiger charge is -2.08. The van der Waals surface area contributed by atoms with E-state index in [2.05, 4.69) is 10.5 Å². The van der Waals surface area contributed by atoms with Crippen molar-refractivity contribution in [1.82, 2.24) is 5.43 Å². The second kappa shape index (κ2) is 10.5. The molecule has 0 saturated heterocycles. The molecule has 0 aliphatic carbocycles. The number of hydrogen-bond donors (Lipinski definition) is 1. The highest BCUT2D eigenvalue weighted by Gasteiger charge is 2.05. The van der Waals surface area contributed by atoms with Crippen molar-refractivity contribution in [3.63, 3.8) is 0 Å². The third-order valence-corrected chi connectivity index (χ3v) is 4.75. The summed E-state index contributed by atoms with van der Waals surface area (Å²) in [4.78, 5) is 12.2. The van der Waals surface area contributed by atoms with Gasteiger partial charge < -0.3 is 9.47 Å². The molecule has 3 aromatic rings. The van der Waals surface area contributed by atoms with Crippen LogP contribution >= 0.6 is 11.6 Å². The summed E-state index contributed by atoms with van der Waals surface area (Å²) in [5, 5.41) is 4.72. The molecule has 0 saturated carbocycles. The Morgan fingerprint density at radius 1 is 1.00 bits per heavy atom. The maximum Gasteiger partial charge on any atom is 0.271 e. The summed E-state index contributed by atoms with van der Waals surface area (Å²) in [6.45, 7) is 4.89. The zero-order valence-electron chi connectivity index (χ0n) is 16.9. The number of benzene rings is 3. The molecule has 0 aliphatic rings. The lowest BCUT2D eigenvalue weighted by atomic mass is 10.1. The van der Waals surface area contributed by atoms with Gasteiger partial charge in [0, 0.05) is 10.6 Å². The number of nitrogens with zero attached hydrogens (tertiary/aromatic N) is 1. The smallest absolute Gasteiger partial charge is 0.271 e. The Kier molecular flexibility index (Phi) is 7.46. The largest absolute Gasteiger partial charge is 0.494 e. The monoisotopic (exact) mass is 422 g/mol. The number of rotatable bonds is 8. The van der Waals surface area contributed by atoms with Crippen LogP contribution in [0.3, 0.4) is 0 Å². The van der Waals surface area contributed by atoms with Crippen molar-refractivity contribution in [2.24, 2.45) is 5.10 Å². The lowest BCUT2D eigenvalue weighted by molar-refractivity contribution is 0.0955. The third-order valence-electron chi connectivity index (χ3n) is 4.32. The second-order valence-electron chi connectivity index (χ2n) is 6.60. The van der Waals surface area contributed by atoms with Crippen molar-refractivity contribution >= 4 is 23.7 Å². The van der Waals surface area contributed by atoms with Crippen molar-refractivity contribution in [2.75, 3.05) is 6.61 Å². The van der Waals surface area contributed by atoms with Crippen LogP contribution in [0.15, 0.2) is 71.8 Å². The number of halogens is 1. The minimum absolute atomic E-state index is 0.280. The average Bonchev–Trinajstić information content (AvgIpc) is 2.76. The van der Waals surface area contributed by atoms with Crippen LogP contribution in [0.4, 0.5) is 0 Å². The summed E-state index contributed by atoms with van der Waals surface area (Å²) in [6, 6.07) is 20.2. The van der Waals surface area contributed by atoms with Gasteiger partial charge in [0.25, 0.3) is 5.91 Å². The van der Waals surface area contributed by atoms with Gasteiger partial charge in [0.05, 0.1) is 12.8 Å². The standard InChI is InChI=1S/C24H23ClN2O3/c1-3-29-21-10-6-18(7-11-21)15-26-27-24(28)20-8-4-19(5-9-20)16-30-22-12-13-23(25)17(2)14-22/h4-15H,3,16H2,1-2H3,(H,27,28)/b26-15-. The molecule has 0 radical (unpaired) electrons. The van der Waals surface area contributed by atoms with E-state index in [9.17, 15) is 4.79 Å².